The molecule has 0 aliphatic carbocycles. The summed E-state index contributed by atoms with van der Waals surface area (Å²) in [6.07, 6.45) is 5.55. The Balaban J connectivity index is 2.45. The average molecular weight is 176 g/mol. The van der Waals surface area contributed by atoms with E-state index in [2.05, 4.69) is 26.4 Å². The number of H-pyrrole nitrogens is 1. The molecule has 0 saturated carbocycles. The Morgan fingerprint density at radius 1 is 1.46 bits per heavy atom. The van der Waals surface area contributed by atoms with Crippen LogP contribution >= 0.6 is 0 Å². The van der Waals surface area contributed by atoms with Crippen LogP contribution in [-0.4, -0.2) is 19.5 Å². The van der Waals surface area contributed by atoms with Crippen molar-refractivity contribution in [2.24, 2.45) is 0 Å². The zero-order chi connectivity index (χ0) is 9.26. The van der Waals surface area contributed by atoms with Crippen molar-refractivity contribution in [3.05, 3.63) is 24.3 Å². The lowest BCUT2D eigenvalue weighted by atomic mass is 10.5. The predicted molar refractivity (Wildman–Crippen MR) is 50.2 cm³/mol. The van der Waals surface area contributed by atoms with Gasteiger partial charge in [0.25, 0.3) is 0 Å². The summed E-state index contributed by atoms with van der Waals surface area (Å²) in [5.41, 5.74) is 1.06. The lowest BCUT2D eigenvalue weighted by molar-refractivity contribution is 0.765. The molecule has 13 heavy (non-hydrogen) atoms. The minimum absolute atomic E-state index is 0.837. The molecule has 0 amide bonds. The summed E-state index contributed by atoms with van der Waals surface area (Å²) in [6, 6.07) is 0. The van der Waals surface area contributed by atoms with Crippen molar-refractivity contribution >= 4 is 0 Å². The summed E-state index contributed by atoms with van der Waals surface area (Å²) in [5, 5.41) is 0. The zero-order valence-corrected chi connectivity index (χ0v) is 7.78. The third kappa shape index (κ3) is 1.35. The van der Waals surface area contributed by atoms with E-state index in [-0.39, 0.29) is 0 Å². The Morgan fingerprint density at radius 3 is 2.92 bits per heavy atom. The fourth-order valence-electron chi connectivity index (χ4n) is 1.31. The quantitative estimate of drug-likeness (QED) is 0.755. The molecule has 0 fully saturated rings. The van der Waals surface area contributed by atoms with Crippen LogP contribution in [-0.2, 0) is 6.54 Å². The molecular formula is C9H12N4. The molecule has 0 saturated heterocycles. The number of hydrogen-bond acceptors (Lipinski definition) is 2. The van der Waals surface area contributed by atoms with Gasteiger partial charge in [0.15, 0.2) is 11.6 Å². The Labute approximate surface area is 76.7 Å². The normalized spacial score (nSPS) is 10.6. The maximum Gasteiger partial charge on any atom is 0.176 e. The molecule has 2 rings (SSSR count). The first kappa shape index (κ1) is 8.04. The van der Waals surface area contributed by atoms with Crippen molar-refractivity contribution in [3.8, 4) is 11.6 Å². The van der Waals surface area contributed by atoms with Crippen LogP contribution in [0.4, 0.5) is 0 Å². The zero-order valence-electron chi connectivity index (χ0n) is 7.78. The predicted octanol–water partition coefficient (Wildman–Crippen LogP) is 1.60. The van der Waals surface area contributed by atoms with E-state index in [0.717, 1.165) is 23.9 Å². The number of aromatic nitrogens is 4. The third-order valence-corrected chi connectivity index (χ3v) is 1.97. The minimum atomic E-state index is 0.837. The smallest absolute Gasteiger partial charge is 0.176 e. The Morgan fingerprint density at radius 2 is 2.31 bits per heavy atom. The molecular weight excluding hydrogens is 164 g/mol. The molecule has 68 valence electrons. The van der Waals surface area contributed by atoms with Gasteiger partial charge in [-0.1, -0.05) is 0 Å². The van der Waals surface area contributed by atoms with Gasteiger partial charge in [-0.3, -0.25) is 0 Å². The van der Waals surface area contributed by atoms with Gasteiger partial charge < -0.3 is 9.55 Å². The summed E-state index contributed by atoms with van der Waals surface area (Å²) in [7, 11) is 0. The van der Waals surface area contributed by atoms with Gasteiger partial charge in [-0.05, 0) is 13.8 Å². The van der Waals surface area contributed by atoms with Crippen LogP contribution in [0.25, 0.3) is 11.6 Å². The van der Waals surface area contributed by atoms with E-state index in [9.17, 15) is 0 Å². The van der Waals surface area contributed by atoms with Gasteiger partial charge in [0.05, 0.1) is 0 Å². The van der Waals surface area contributed by atoms with E-state index in [1.807, 2.05) is 19.3 Å². The number of rotatable bonds is 2. The van der Waals surface area contributed by atoms with E-state index in [4.69, 9.17) is 0 Å². The van der Waals surface area contributed by atoms with E-state index in [1.165, 1.54) is 0 Å². The first-order valence-electron chi connectivity index (χ1n) is 4.34. The fraction of sp³-hybridized carbons (Fsp3) is 0.333. The summed E-state index contributed by atoms with van der Waals surface area (Å²) < 4.78 is 2.05. The topological polar surface area (TPSA) is 46.5 Å². The highest BCUT2D eigenvalue weighted by molar-refractivity contribution is 5.44. The van der Waals surface area contributed by atoms with Crippen LogP contribution in [0, 0.1) is 6.92 Å². The Hall–Kier alpha value is -1.58. The molecule has 4 nitrogen and oxygen atoms in total. The molecule has 0 spiro atoms. The van der Waals surface area contributed by atoms with Crippen molar-refractivity contribution in [1.82, 2.24) is 19.5 Å². The number of aryl methyl sites for hydroxylation is 2. The maximum atomic E-state index is 4.24. The van der Waals surface area contributed by atoms with Crippen LogP contribution < -0.4 is 0 Å². The van der Waals surface area contributed by atoms with Crippen molar-refractivity contribution < 1.29 is 0 Å². The molecule has 0 radical (unpaired) electrons. The second kappa shape index (κ2) is 3.05. The molecule has 0 unspecified atom stereocenters. The van der Waals surface area contributed by atoms with Gasteiger partial charge >= 0.3 is 0 Å². The first-order chi connectivity index (χ1) is 6.31. The number of nitrogens with zero attached hydrogens (tertiary/aromatic N) is 3. The summed E-state index contributed by atoms with van der Waals surface area (Å²) in [5.74, 6) is 1.74. The fourth-order valence-corrected chi connectivity index (χ4v) is 1.31. The Bertz CT molecular complexity index is 399. The largest absolute Gasteiger partial charge is 0.340 e. The molecule has 0 aromatic carbocycles. The van der Waals surface area contributed by atoms with Gasteiger partial charge in [0, 0.05) is 30.8 Å². The van der Waals surface area contributed by atoms with E-state index in [1.54, 1.807) is 6.20 Å². The van der Waals surface area contributed by atoms with Crippen LogP contribution in [0.15, 0.2) is 18.6 Å². The van der Waals surface area contributed by atoms with Crippen LogP contribution in [0.3, 0.4) is 0 Å². The number of hydrogen-bond donors (Lipinski definition) is 1. The van der Waals surface area contributed by atoms with Crippen molar-refractivity contribution in [1.29, 1.82) is 0 Å². The Kier molecular flexibility index (Phi) is 1.88. The van der Waals surface area contributed by atoms with Crippen molar-refractivity contribution in [2.75, 3.05) is 0 Å². The summed E-state index contributed by atoms with van der Waals surface area (Å²) in [6.45, 7) is 4.98. The summed E-state index contributed by atoms with van der Waals surface area (Å²) in [4.78, 5) is 11.6. The lowest BCUT2D eigenvalue weighted by Gasteiger charge is -2.00. The second-order valence-electron chi connectivity index (χ2n) is 2.95. The van der Waals surface area contributed by atoms with Crippen molar-refractivity contribution in [3.63, 3.8) is 0 Å². The monoisotopic (exact) mass is 176 g/mol. The molecule has 0 aliphatic rings. The molecule has 1 N–H and O–H groups in total. The lowest BCUT2D eigenvalue weighted by Crippen LogP contribution is -1.97. The van der Waals surface area contributed by atoms with Gasteiger partial charge in [-0.25, -0.2) is 9.97 Å². The average Bonchev–Trinajstić information content (AvgIpc) is 2.71. The molecule has 0 bridgehead atoms. The number of nitrogens with one attached hydrogen (secondary N) is 1. The summed E-state index contributed by atoms with van der Waals surface area (Å²) >= 11 is 0. The molecule has 4 heteroatoms. The third-order valence-electron chi connectivity index (χ3n) is 1.97. The number of aromatic amines is 1. The van der Waals surface area contributed by atoms with Crippen LogP contribution in [0.5, 0.6) is 0 Å². The number of imidazole rings is 2. The molecule has 0 aliphatic heterocycles. The van der Waals surface area contributed by atoms with Crippen LogP contribution in [0.1, 0.15) is 12.6 Å². The minimum Gasteiger partial charge on any atom is -0.340 e. The standard InChI is InChI=1S/C9H12N4/c1-3-13-5-4-10-9(13)8-11-6-7(2)12-8/h4-6H,3H2,1-2H3,(H,11,12). The highest BCUT2D eigenvalue weighted by Gasteiger charge is 2.06. The van der Waals surface area contributed by atoms with Gasteiger partial charge in [0.1, 0.15) is 0 Å². The van der Waals surface area contributed by atoms with Crippen molar-refractivity contribution in [2.45, 2.75) is 20.4 Å². The van der Waals surface area contributed by atoms with E-state index >= 15 is 0 Å². The highest BCUT2D eigenvalue weighted by Crippen LogP contribution is 2.12. The molecule has 2 aromatic rings. The maximum absolute atomic E-state index is 4.24. The molecule has 2 aromatic heterocycles. The van der Waals surface area contributed by atoms with E-state index < -0.39 is 0 Å². The van der Waals surface area contributed by atoms with Gasteiger partial charge in [-0.2, -0.15) is 0 Å². The second-order valence-corrected chi connectivity index (χ2v) is 2.95. The molecule has 0 atom stereocenters. The van der Waals surface area contributed by atoms with Gasteiger partial charge in [-0.15, -0.1) is 0 Å². The SMILES string of the molecule is CCn1ccnc1-c1ncc(C)[nH]1. The van der Waals surface area contributed by atoms with Gasteiger partial charge in [0.2, 0.25) is 0 Å². The first-order valence-corrected chi connectivity index (χ1v) is 4.34. The van der Waals surface area contributed by atoms with Crippen LogP contribution in [0.2, 0.25) is 0 Å². The van der Waals surface area contributed by atoms with E-state index in [0.29, 0.717) is 0 Å². The molecule has 2 heterocycles. The highest BCUT2D eigenvalue weighted by atomic mass is 15.1.